The summed E-state index contributed by atoms with van der Waals surface area (Å²) in [7, 11) is -4.14. The van der Waals surface area contributed by atoms with Gasteiger partial charge in [0.2, 0.25) is 10.0 Å². The average molecular weight is 382 g/mol. The van der Waals surface area contributed by atoms with Crippen molar-refractivity contribution < 1.29 is 22.7 Å². The third-order valence-electron chi connectivity index (χ3n) is 3.36. The first-order valence-electron chi connectivity index (χ1n) is 6.34. The third-order valence-corrected chi connectivity index (χ3v) is 5.38. The van der Waals surface area contributed by atoms with Gasteiger partial charge >= 0.3 is 5.97 Å². The number of hydrogen-bond donors (Lipinski definition) is 2. The summed E-state index contributed by atoms with van der Waals surface area (Å²) in [5.41, 5.74) is -0.694. The molecule has 0 saturated heterocycles. The fraction of sp³-hybridized carbons (Fsp3) is 0.462. The van der Waals surface area contributed by atoms with E-state index in [9.17, 15) is 17.6 Å². The van der Waals surface area contributed by atoms with Crippen LogP contribution in [0.3, 0.4) is 0 Å². The van der Waals surface area contributed by atoms with Crippen LogP contribution < -0.4 is 4.72 Å². The van der Waals surface area contributed by atoms with Gasteiger partial charge < -0.3 is 5.11 Å². The molecule has 0 saturated carbocycles. The number of nitrogens with one attached hydrogen (secondary N) is 1. The monoisotopic (exact) mass is 381 g/mol. The molecule has 0 radical (unpaired) electrons. The zero-order chi connectivity index (χ0) is 16.4. The molecular formula is C13H17BrFNO4S. The number of carboxylic acids is 1. The van der Waals surface area contributed by atoms with E-state index >= 15 is 0 Å². The summed E-state index contributed by atoms with van der Waals surface area (Å²) in [5, 5.41) is 8.91. The Labute approximate surface area is 131 Å². The number of carbonyl (C=O) groups is 1. The van der Waals surface area contributed by atoms with Crippen LogP contribution in [0.5, 0.6) is 0 Å². The highest BCUT2D eigenvalue weighted by atomic mass is 79.9. The SMILES string of the molecule is CCC(C)C(C)NS(=O)(=O)c1cc(Br)cc(C(=O)O)c1F. The van der Waals surface area contributed by atoms with Crippen molar-refractivity contribution in [1.82, 2.24) is 4.72 Å². The summed E-state index contributed by atoms with van der Waals surface area (Å²) in [6.07, 6.45) is 0.755. The minimum atomic E-state index is -4.14. The van der Waals surface area contributed by atoms with Crippen LogP contribution in [-0.4, -0.2) is 25.5 Å². The first-order valence-corrected chi connectivity index (χ1v) is 8.62. The van der Waals surface area contributed by atoms with Gasteiger partial charge in [-0.25, -0.2) is 22.3 Å². The van der Waals surface area contributed by atoms with Crippen molar-refractivity contribution in [3.05, 3.63) is 28.0 Å². The molecule has 0 aliphatic rings. The molecule has 2 atom stereocenters. The molecule has 1 rings (SSSR count). The van der Waals surface area contributed by atoms with E-state index in [0.29, 0.717) is 0 Å². The molecule has 0 bridgehead atoms. The number of hydrogen-bond acceptors (Lipinski definition) is 3. The van der Waals surface area contributed by atoms with Crippen molar-refractivity contribution in [3.63, 3.8) is 0 Å². The molecule has 0 aliphatic heterocycles. The average Bonchev–Trinajstić information content (AvgIpc) is 2.38. The van der Waals surface area contributed by atoms with E-state index in [1.807, 2.05) is 13.8 Å². The van der Waals surface area contributed by atoms with Gasteiger partial charge in [-0.15, -0.1) is 0 Å². The minimum absolute atomic E-state index is 0.0638. The zero-order valence-electron chi connectivity index (χ0n) is 11.9. The Balaban J connectivity index is 3.29. The number of benzene rings is 1. The molecule has 0 heterocycles. The van der Waals surface area contributed by atoms with Crippen LogP contribution in [0.25, 0.3) is 0 Å². The summed E-state index contributed by atoms with van der Waals surface area (Å²) >= 11 is 2.99. The molecule has 8 heteroatoms. The van der Waals surface area contributed by atoms with Crippen LogP contribution in [0.15, 0.2) is 21.5 Å². The van der Waals surface area contributed by atoms with Gasteiger partial charge in [-0.3, -0.25) is 0 Å². The van der Waals surface area contributed by atoms with Crippen molar-refractivity contribution in [2.75, 3.05) is 0 Å². The molecule has 0 spiro atoms. The van der Waals surface area contributed by atoms with Crippen LogP contribution in [0.4, 0.5) is 4.39 Å². The van der Waals surface area contributed by atoms with Gasteiger partial charge in [0, 0.05) is 10.5 Å². The molecule has 1 aromatic carbocycles. The molecule has 0 amide bonds. The first-order chi connectivity index (χ1) is 9.60. The van der Waals surface area contributed by atoms with Crippen molar-refractivity contribution in [2.45, 2.75) is 38.1 Å². The molecule has 0 aromatic heterocycles. The van der Waals surface area contributed by atoms with Gasteiger partial charge in [0.25, 0.3) is 0 Å². The van der Waals surface area contributed by atoms with Crippen LogP contribution in [0, 0.1) is 11.7 Å². The van der Waals surface area contributed by atoms with Crippen molar-refractivity contribution in [2.24, 2.45) is 5.92 Å². The summed E-state index contributed by atoms with van der Waals surface area (Å²) in [5.74, 6) is -2.73. The summed E-state index contributed by atoms with van der Waals surface area (Å²) in [6, 6.07) is 1.68. The van der Waals surface area contributed by atoms with E-state index in [2.05, 4.69) is 20.7 Å². The highest BCUT2D eigenvalue weighted by molar-refractivity contribution is 9.10. The van der Waals surface area contributed by atoms with Crippen LogP contribution >= 0.6 is 15.9 Å². The Bertz CT molecular complexity index is 648. The lowest BCUT2D eigenvalue weighted by atomic mass is 10.0. The Morgan fingerprint density at radius 3 is 2.48 bits per heavy atom. The first kappa shape index (κ1) is 18.1. The molecular weight excluding hydrogens is 365 g/mol. The molecule has 5 nitrogen and oxygen atoms in total. The maximum atomic E-state index is 14.1. The maximum absolute atomic E-state index is 14.1. The predicted octanol–water partition coefficient (Wildman–Crippen LogP) is 3.00. The number of rotatable bonds is 6. The summed E-state index contributed by atoms with van der Waals surface area (Å²) in [4.78, 5) is 10.3. The number of aromatic carboxylic acids is 1. The second-order valence-corrected chi connectivity index (χ2v) is 7.46. The van der Waals surface area contributed by atoms with Gasteiger partial charge in [0.15, 0.2) is 5.82 Å². The van der Waals surface area contributed by atoms with Crippen LogP contribution in [0.2, 0.25) is 0 Å². The van der Waals surface area contributed by atoms with Gasteiger partial charge in [-0.1, -0.05) is 36.2 Å². The predicted molar refractivity (Wildman–Crippen MR) is 80.3 cm³/mol. The molecule has 2 unspecified atom stereocenters. The summed E-state index contributed by atoms with van der Waals surface area (Å²) in [6.45, 7) is 5.46. The highest BCUT2D eigenvalue weighted by Gasteiger charge is 2.27. The highest BCUT2D eigenvalue weighted by Crippen LogP contribution is 2.25. The van der Waals surface area contributed by atoms with Gasteiger partial charge in [-0.2, -0.15) is 0 Å². The van der Waals surface area contributed by atoms with Gasteiger partial charge in [0.05, 0.1) is 5.56 Å². The molecule has 0 fully saturated rings. The van der Waals surface area contributed by atoms with Crippen LogP contribution in [0.1, 0.15) is 37.6 Å². The zero-order valence-corrected chi connectivity index (χ0v) is 14.3. The number of sulfonamides is 1. The standard InChI is InChI=1S/C13H17BrFNO4S/c1-4-7(2)8(3)16-21(19,20)11-6-9(14)5-10(12(11)15)13(17)18/h5-8,16H,4H2,1-3H3,(H,17,18). The van der Waals surface area contributed by atoms with Crippen molar-refractivity contribution in [1.29, 1.82) is 0 Å². The molecule has 0 aliphatic carbocycles. The third kappa shape index (κ3) is 4.24. The fourth-order valence-electron chi connectivity index (χ4n) is 1.69. The maximum Gasteiger partial charge on any atom is 0.338 e. The minimum Gasteiger partial charge on any atom is -0.478 e. The number of carboxylic acid groups (broad SMARTS) is 1. The van der Waals surface area contributed by atoms with Crippen molar-refractivity contribution in [3.8, 4) is 0 Å². The smallest absolute Gasteiger partial charge is 0.338 e. The fourth-order valence-corrected chi connectivity index (χ4v) is 3.78. The summed E-state index contributed by atoms with van der Waals surface area (Å²) < 4.78 is 41.2. The Kier molecular flexibility index (Phi) is 5.89. The quantitative estimate of drug-likeness (QED) is 0.793. The Morgan fingerprint density at radius 2 is 2.00 bits per heavy atom. The van der Waals surface area contributed by atoms with Gasteiger partial charge in [0.1, 0.15) is 4.90 Å². The lowest BCUT2D eigenvalue weighted by molar-refractivity contribution is 0.0691. The molecule has 21 heavy (non-hydrogen) atoms. The van der Waals surface area contributed by atoms with E-state index in [4.69, 9.17) is 5.11 Å². The topological polar surface area (TPSA) is 83.5 Å². The normalized spacial score (nSPS) is 14.7. The van der Waals surface area contributed by atoms with E-state index in [0.717, 1.165) is 18.6 Å². The number of halogens is 2. The van der Waals surface area contributed by atoms with Gasteiger partial charge in [-0.05, 0) is 25.0 Å². The van der Waals surface area contributed by atoms with E-state index in [1.54, 1.807) is 6.92 Å². The second kappa shape index (κ2) is 6.85. The van der Waals surface area contributed by atoms with E-state index < -0.39 is 38.3 Å². The van der Waals surface area contributed by atoms with Crippen molar-refractivity contribution >= 4 is 31.9 Å². The molecule has 118 valence electrons. The molecule has 1 aromatic rings. The lowest BCUT2D eigenvalue weighted by Crippen LogP contribution is -2.37. The van der Waals surface area contributed by atoms with E-state index in [1.165, 1.54) is 0 Å². The Hall–Kier alpha value is -0.990. The second-order valence-electron chi connectivity index (χ2n) is 4.87. The Morgan fingerprint density at radius 1 is 1.43 bits per heavy atom. The molecule has 2 N–H and O–H groups in total. The lowest BCUT2D eigenvalue weighted by Gasteiger charge is -2.20. The van der Waals surface area contributed by atoms with E-state index in [-0.39, 0.29) is 10.4 Å². The largest absolute Gasteiger partial charge is 0.478 e. The van der Waals surface area contributed by atoms with Crippen LogP contribution in [-0.2, 0) is 10.0 Å².